The number of nitrogens with zero attached hydrogens (tertiary/aromatic N) is 1. The molecule has 0 aliphatic heterocycles. The summed E-state index contributed by atoms with van der Waals surface area (Å²) >= 11 is 1.74. The fourth-order valence-corrected chi connectivity index (χ4v) is 3.33. The minimum atomic E-state index is -0.205. The van der Waals surface area contributed by atoms with Gasteiger partial charge >= 0.3 is 0 Å². The molecule has 114 valence electrons. The van der Waals surface area contributed by atoms with E-state index in [1.54, 1.807) is 11.8 Å². The molecule has 0 N–H and O–H groups in total. The smallest absolute Gasteiger partial charge is 0.0960 e. The monoisotopic (exact) mass is 303 g/mol. The summed E-state index contributed by atoms with van der Waals surface area (Å²) in [5, 5.41) is 1.06. The maximum atomic E-state index is 6.16. The van der Waals surface area contributed by atoms with E-state index in [1.165, 1.54) is 5.57 Å². The summed E-state index contributed by atoms with van der Waals surface area (Å²) in [5.74, 6) is 2.04. The molecule has 21 heavy (non-hydrogen) atoms. The predicted molar refractivity (Wildman–Crippen MR) is 90.5 cm³/mol. The van der Waals surface area contributed by atoms with E-state index in [4.69, 9.17) is 4.74 Å². The summed E-state index contributed by atoms with van der Waals surface area (Å²) in [6.07, 6.45) is 8.47. The normalized spacial score (nSPS) is 22.2. The Morgan fingerprint density at radius 2 is 2.10 bits per heavy atom. The van der Waals surface area contributed by atoms with Gasteiger partial charge in [0.25, 0.3) is 0 Å². The minimum absolute atomic E-state index is 0.205. The highest BCUT2D eigenvalue weighted by Crippen LogP contribution is 2.35. The lowest BCUT2D eigenvalue weighted by atomic mass is 9.77. The van der Waals surface area contributed by atoms with Gasteiger partial charge in [-0.2, -0.15) is 0 Å². The lowest BCUT2D eigenvalue weighted by Gasteiger charge is -2.35. The fraction of sp³-hybridized carbons (Fsp3) is 0.500. The maximum Gasteiger partial charge on any atom is 0.0960 e. The number of ether oxygens (including phenoxy) is 1. The summed E-state index contributed by atoms with van der Waals surface area (Å²) in [4.78, 5) is 4.31. The van der Waals surface area contributed by atoms with Crippen molar-refractivity contribution in [2.45, 2.75) is 38.3 Å². The van der Waals surface area contributed by atoms with Gasteiger partial charge in [0.1, 0.15) is 0 Å². The molecule has 2 atom stereocenters. The first-order valence-corrected chi connectivity index (χ1v) is 8.56. The van der Waals surface area contributed by atoms with Crippen LogP contribution in [0.5, 0.6) is 0 Å². The van der Waals surface area contributed by atoms with E-state index in [0.29, 0.717) is 11.8 Å². The van der Waals surface area contributed by atoms with Gasteiger partial charge in [0.15, 0.2) is 0 Å². The van der Waals surface area contributed by atoms with Gasteiger partial charge in [0.05, 0.1) is 17.2 Å². The van der Waals surface area contributed by atoms with Crippen molar-refractivity contribution in [3.05, 3.63) is 48.2 Å². The molecule has 1 aromatic rings. The van der Waals surface area contributed by atoms with Crippen LogP contribution < -0.4 is 0 Å². The SMILES string of the molecule is CC1C=CC=C(C(C)(C)OCCSc2ccccn2)C1C. The first kappa shape index (κ1) is 16.3. The van der Waals surface area contributed by atoms with E-state index >= 15 is 0 Å². The molecule has 0 aromatic carbocycles. The Hall–Kier alpha value is -1.06. The molecule has 0 bridgehead atoms. The zero-order valence-corrected chi connectivity index (χ0v) is 14.2. The van der Waals surface area contributed by atoms with Gasteiger partial charge in [0.2, 0.25) is 0 Å². The second kappa shape index (κ2) is 7.28. The van der Waals surface area contributed by atoms with Crippen LogP contribution in [-0.2, 0) is 4.74 Å². The Kier molecular flexibility index (Phi) is 5.65. The minimum Gasteiger partial charge on any atom is -0.370 e. The van der Waals surface area contributed by atoms with E-state index in [0.717, 1.165) is 17.4 Å². The van der Waals surface area contributed by atoms with Crippen LogP contribution in [0.2, 0.25) is 0 Å². The van der Waals surface area contributed by atoms with Gasteiger partial charge in [-0.15, -0.1) is 11.8 Å². The molecule has 0 spiro atoms. The van der Waals surface area contributed by atoms with Gasteiger partial charge in [0, 0.05) is 11.9 Å². The highest BCUT2D eigenvalue weighted by molar-refractivity contribution is 7.99. The highest BCUT2D eigenvalue weighted by atomic mass is 32.2. The van der Waals surface area contributed by atoms with E-state index in [9.17, 15) is 0 Å². The summed E-state index contributed by atoms with van der Waals surface area (Å²) in [6.45, 7) is 9.63. The van der Waals surface area contributed by atoms with Gasteiger partial charge in [-0.05, 0) is 43.4 Å². The van der Waals surface area contributed by atoms with Crippen LogP contribution in [0.3, 0.4) is 0 Å². The van der Waals surface area contributed by atoms with E-state index in [-0.39, 0.29) is 5.60 Å². The lowest BCUT2D eigenvalue weighted by molar-refractivity contribution is 0.0121. The molecule has 0 radical (unpaired) electrons. The van der Waals surface area contributed by atoms with Crippen LogP contribution in [0.4, 0.5) is 0 Å². The lowest BCUT2D eigenvalue weighted by Crippen LogP contribution is -2.34. The van der Waals surface area contributed by atoms with Crippen molar-refractivity contribution < 1.29 is 4.74 Å². The van der Waals surface area contributed by atoms with Crippen molar-refractivity contribution in [2.24, 2.45) is 11.8 Å². The standard InChI is InChI=1S/C18H25NOS/c1-14-8-7-9-16(15(14)2)18(3,4)20-12-13-21-17-10-5-6-11-19-17/h5-11,14-15H,12-13H2,1-4H3. The summed E-state index contributed by atoms with van der Waals surface area (Å²) in [6, 6.07) is 5.99. The van der Waals surface area contributed by atoms with Crippen molar-refractivity contribution in [1.82, 2.24) is 4.98 Å². The second-order valence-corrected chi connectivity index (χ2v) is 7.15. The zero-order valence-electron chi connectivity index (χ0n) is 13.4. The molecule has 3 heteroatoms. The predicted octanol–water partition coefficient (Wildman–Crippen LogP) is 4.74. The summed E-state index contributed by atoms with van der Waals surface area (Å²) < 4.78 is 6.16. The largest absolute Gasteiger partial charge is 0.370 e. The van der Waals surface area contributed by atoms with Crippen LogP contribution in [0, 0.1) is 11.8 Å². The Bertz CT molecular complexity index is 507. The first-order chi connectivity index (χ1) is 10.0. The Morgan fingerprint density at radius 1 is 1.29 bits per heavy atom. The Morgan fingerprint density at radius 3 is 2.81 bits per heavy atom. The number of aromatic nitrogens is 1. The third-order valence-electron chi connectivity index (χ3n) is 4.10. The molecule has 0 saturated heterocycles. The van der Waals surface area contributed by atoms with Gasteiger partial charge in [-0.25, -0.2) is 4.98 Å². The molecular formula is C18H25NOS. The Labute approximate surface area is 132 Å². The molecule has 2 rings (SSSR count). The van der Waals surface area contributed by atoms with Gasteiger partial charge in [-0.3, -0.25) is 0 Å². The average molecular weight is 303 g/mol. The maximum absolute atomic E-state index is 6.16. The van der Waals surface area contributed by atoms with Gasteiger partial charge in [-0.1, -0.05) is 38.1 Å². The molecule has 1 heterocycles. The number of hydrogen-bond acceptors (Lipinski definition) is 3. The number of thioether (sulfide) groups is 1. The molecule has 0 saturated carbocycles. The van der Waals surface area contributed by atoms with Crippen LogP contribution >= 0.6 is 11.8 Å². The first-order valence-electron chi connectivity index (χ1n) is 7.57. The van der Waals surface area contributed by atoms with E-state index in [1.807, 2.05) is 24.4 Å². The van der Waals surface area contributed by atoms with Crippen molar-refractivity contribution in [3.8, 4) is 0 Å². The fourth-order valence-electron chi connectivity index (χ4n) is 2.64. The average Bonchev–Trinajstić information content (AvgIpc) is 2.47. The third kappa shape index (κ3) is 4.45. The second-order valence-electron chi connectivity index (χ2n) is 6.03. The van der Waals surface area contributed by atoms with Crippen molar-refractivity contribution in [3.63, 3.8) is 0 Å². The molecule has 1 aliphatic carbocycles. The number of pyridine rings is 1. The zero-order chi connectivity index (χ0) is 15.3. The van der Waals surface area contributed by atoms with Crippen LogP contribution in [-0.4, -0.2) is 22.9 Å². The molecular weight excluding hydrogens is 278 g/mol. The van der Waals surface area contributed by atoms with Crippen LogP contribution in [0.15, 0.2) is 53.2 Å². The third-order valence-corrected chi connectivity index (χ3v) is 5.01. The number of allylic oxidation sites excluding steroid dienone is 3. The van der Waals surface area contributed by atoms with Crippen molar-refractivity contribution in [1.29, 1.82) is 0 Å². The summed E-state index contributed by atoms with van der Waals surface area (Å²) in [7, 11) is 0. The quantitative estimate of drug-likeness (QED) is 0.560. The van der Waals surface area contributed by atoms with E-state index in [2.05, 4.69) is 50.9 Å². The number of rotatable bonds is 6. The molecule has 1 aromatic heterocycles. The van der Waals surface area contributed by atoms with Crippen LogP contribution in [0.1, 0.15) is 27.7 Å². The molecule has 0 amide bonds. The van der Waals surface area contributed by atoms with E-state index < -0.39 is 0 Å². The summed E-state index contributed by atoms with van der Waals surface area (Å²) in [5.41, 5.74) is 1.18. The molecule has 2 unspecified atom stereocenters. The molecule has 1 aliphatic rings. The Balaban J connectivity index is 1.84. The molecule has 2 nitrogen and oxygen atoms in total. The molecule has 0 fully saturated rings. The highest BCUT2D eigenvalue weighted by Gasteiger charge is 2.30. The van der Waals surface area contributed by atoms with Crippen molar-refractivity contribution in [2.75, 3.05) is 12.4 Å². The topological polar surface area (TPSA) is 22.1 Å². The van der Waals surface area contributed by atoms with Crippen LogP contribution in [0.25, 0.3) is 0 Å². The van der Waals surface area contributed by atoms with Crippen molar-refractivity contribution >= 4 is 11.8 Å². The number of hydrogen-bond donors (Lipinski definition) is 0. The van der Waals surface area contributed by atoms with Gasteiger partial charge < -0.3 is 4.74 Å².